The average molecular weight is 295 g/mol. The number of hydrogen-bond acceptors (Lipinski definition) is 6. The Labute approximate surface area is 123 Å². The van der Waals surface area contributed by atoms with Gasteiger partial charge in [0.05, 0.1) is 13.2 Å². The highest BCUT2D eigenvalue weighted by molar-refractivity contribution is 5.47. The third kappa shape index (κ3) is 3.42. The predicted octanol–water partition coefficient (Wildman–Crippen LogP) is -0.519. The SMILES string of the molecule is C=CCN(C[C@@]1(O)OC[C@@H](O)[C@@H](O)[C@@H]1O)c1ccccc1. The molecule has 1 aromatic carbocycles. The number of para-hydroxylation sites is 1. The van der Waals surface area contributed by atoms with Gasteiger partial charge in [0.15, 0.2) is 0 Å². The maximum absolute atomic E-state index is 10.5. The highest BCUT2D eigenvalue weighted by Crippen LogP contribution is 2.27. The van der Waals surface area contributed by atoms with Gasteiger partial charge in [-0.15, -0.1) is 6.58 Å². The highest BCUT2D eigenvalue weighted by Gasteiger charge is 2.49. The standard InChI is InChI=1S/C15H21NO5/c1-2-8-16(11-6-4-3-5-7-11)10-15(20)14(19)13(18)12(17)9-21-15/h2-7,12-14,17-20H,1,8-10H2/t12-,13-,14+,15-/m1/s1. The van der Waals surface area contributed by atoms with Gasteiger partial charge in [-0.25, -0.2) is 0 Å². The molecule has 0 aliphatic carbocycles. The molecule has 1 saturated heterocycles. The van der Waals surface area contributed by atoms with E-state index in [1.807, 2.05) is 30.3 Å². The Balaban J connectivity index is 2.18. The fourth-order valence-electron chi connectivity index (χ4n) is 2.36. The lowest BCUT2D eigenvalue weighted by atomic mass is 9.96. The van der Waals surface area contributed by atoms with Gasteiger partial charge in [0.2, 0.25) is 5.79 Å². The summed E-state index contributed by atoms with van der Waals surface area (Å²) >= 11 is 0. The van der Waals surface area contributed by atoms with E-state index in [-0.39, 0.29) is 13.2 Å². The fraction of sp³-hybridized carbons (Fsp3) is 0.467. The first-order chi connectivity index (χ1) is 9.98. The third-order valence-electron chi connectivity index (χ3n) is 3.57. The second-order valence-electron chi connectivity index (χ2n) is 5.16. The molecule has 0 amide bonds. The molecule has 0 bridgehead atoms. The molecule has 116 valence electrons. The summed E-state index contributed by atoms with van der Waals surface area (Å²) in [7, 11) is 0. The zero-order valence-corrected chi connectivity index (χ0v) is 11.7. The maximum atomic E-state index is 10.5. The van der Waals surface area contributed by atoms with Crippen molar-refractivity contribution in [2.45, 2.75) is 24.1 Å². The smallest absolute Gasteiger partial charge is 0.212 e. The number of anilines is 1. The number of benzene rings is 1. The number of nitrogens with zero attached hydrogens (tertiary/aromatic N) is 1. The molecule has 1 aliphatic rings. The van der Waals surface area contributed by atoms with Gasteiger partial charge in [0.25, 0.3) is 0 Å². The van der Waals surface area contributed by atoms with Crippen LogP contribution in [0.15, 0.2) is 43.0 Å². The Hall–Kier alpha value is -1.44. The molecule has 0 spiro atoms. The molecular weight excluding hydrogens is 274 g/mol. The minimum atomic E-state index is -1.96. The molecule has 1 heterocycles. The van der Waals surface area contributed by atoms with Crippen molar-refractivity contribution in [3.8, 4) is 0 Å². The van der Waals surface area contributed by atoms with Crippen LogP contribution in [-0.4, -0.2) is 64.2 Å². The molecule has 1 fully saturated rings. The number of rotatable bonds is 5. The molecule has 0 saturated carbocycles. The summed E-state index contributed by atoms with van der Waals surface area (Å²) in [5, 5.41) is 39.6. The Morgan fingerprint density at radius 2 is 1.95 bits per heavy atom. The monoisotopic (exact) mass is 295 g/mol. The summed E-state index contributed by atoms with van der Waals surface area (Å²) < 4.78 is 5.18. The van der Waals surface area contributed by atoms with Crippen LogP contribution in [0, 0.1) is 0 Å². The predicted molar refractivity (Wildman–Crippen MR) is 77.8 cm³/mol. The first kappa shape index (κ1) is 15.9. The van der Waals surface area contributed by atoms with Crippen LogP contribution in [0.2, 0.25) is 0 Å². The molecule has 21 heavy (non-hydrogen) atoms. The van der Waals surface area contributed by atoms with Crippen molar-refractivity contribution < 1.29 is 25.2 Å². The van der Waals surface area contributed by atoms with Crippen molar-refractivity contribution in [2.75, 3.05) is 24.6 Å². The van der Waals surface area contributed by atoms with Crippen molar-refractivity contribution in [3.63, 3.8) is 0 Å². The summed E-state index contributed by atoms with van der Waals surface area (Å²) in [5.41, 5.74) is 0.822. The topological polar surface area (TPSA) is 93.4 Å². The summed E-state index contributed by atoms with van der Waals surface area (Å²) in [4.78, 5) is 1.76. The van der Waals surface area contributed by atoms with E-state index in [0.29, 0.717) is 6.54 Å². The van der Waals surface area contributed by atoms with Gasteiger partial charge in [-0.3, -0.25) is 0 Å². The van der Waals surface area contributed by atoms with Crippen LogP contribution in [0.25, 0.3) is 0 Å². The van der Waals surface area contributed by atoms with Crippen LogP contribution in [0.1, 0.15) is 0 Å². The van der Waals surface area contributed by atoms with Crippen molar-refractivity contribution >= 4 is 5.69 Å². The summed E-state index contributed by atoms with van der Waals surface area (Å²) in [5.74, 6) is -1.96. The molecule has 2 rings (SSSR count). The Bertz CT molecular complexity index is 468. The molecule has 1 aliphatic heterocycles. The van der Waals surface area contributed by atoms with E-state index in [1.54, 1.807) is 11.0 Å². The van der Waals surface area contributed by atoms with Crippen LogP contribution in [0.4, 0.5) is 5.69 Å². The summed E-state index contributed by atoms with van der Waals surface area (Å²) in [6.07, 6.45) is -2.61. The lowest BCUT2D eigenvalue weighted by Crippen LogP contribution is -2.64. The van der Waals surface area contributed by atoms with Crippen LogP contribution in [-0.2, 0) is 4.74 Å². The zero-order valence-electron chi connectivity index (χ0n) is 11.7. The first-order valence-corrected chi connectivity index (χ1v) is 6.79. The Kier molecular flexibility index (Phi) is 4.97. The molecule has 6 nitrogen and oxygen atoms in total. The zero-order chi connectivity index (χ0) is 15.5. The minimum Gasteiger partial charge on any atom is -0.388 e. The van der Waals surface area contributed by atoms with Crippen LogP contribution < -0.4 is 4.90 Å². The van der Waals surface area contributed by atoms with Crippen LogP contribution in [0.3, 0.4) is 0 Å². The lowest BCUT2D eigenvalue weighted by Gasteiger charge is -2.44. The van der Waals surface area contributed by atoms with Crippen molar-refractivity contribution in [1.29, 1.82) is 0 Å². The lowest BCUT2D eigenvalue weighted by molar-refractivity contribution is -0.315. The van der Waals surface area contributed by atoms with Gasteiger partial charge in [0.1, 0.15) is 18.3 Å². The van der Waals surface area contributed by atoms with Gasteiger partial charge in [-0.1, -0.05) is 24.3 Å². The van der Waals surface area contributed by atoms with E-state index in [1.165, 1.54) is 0 Å². The largest absolute Gasteiger partial charge is 0.388 e. The van der Waals surface area contributed by atoms with Crippen molar-refractivity contribution in [2.24, 2.45) is 0 Å². The number of hydrogen-bond donors (Lipinski definition) is 4. The second-order valence-corrected chi connectivity index (χ2v) is 5.16. The molecule has 1 aromatic rings. The number of aliphatic hydroxyl groups is 4. The Morgan fingerprint density at radius 1 is 1.29 bits per heavy atom. The molecule has 0 unspecified atom stereocenters. The fourth-order valence-corrected chi connectivity index (χ4v) is 2.36. The quantitative estimate of drug-likeness (QED) is 0.546. The van der Waals surface area contributed by atoms with Gasteiger partial charge in [-0.2, -0.15) is 0 Å². The van der Waals surface area contributed by atoms with Gasteiger partial charge >= 0.3 is 0 Å². The van der Waals surface area contributed by atoms with Crippen molar-refractivity contribution in [3.05, 3.63) is 43.0 Å². The van der Waals surface area contributed by atoms with Gasteiger partial charge in [-0.05, 0) is 12.1 Å². The van der Waals surface area contributed by atoms with E-state index in [4.69, 9.17) is 4.74 Å². The second kappa shape index (κ2) is 6.55. The third-order valence-corrected chi connectivity index (χ3v) is 3.57. The molecule has 4 atom stereocenters. The van der Waals surface area contributed by atoms with E-state index in [0.717, 1.165) is 5.69 Å². The molecule has 0 aromatic heterocycles. The van der Waals surface area contributed by atoms with Crippen LogP contribution in [0.5, 0.6) is 0 Å². The van der Waals surface area contributed by atoms with E-state index in [2.05, 4.69) is 6.58 Å². The molecule has 0 radical (unpaired) electrons. The minimum absolute atomic E-state index is 0.0615. The molecule has 6 heteroatoms. The van der Waals surface area contributed by atoms with E-state index < -0.39 is 24.1 Å². The average Bonchev–Trinajstić information content (AvgIpc) is 2.50. The van der Waals surface area contributed by atoms with Gasteiger partial charge < -0.3 is 30.1 Å². The molecule has 4 N–H and O–H groups in total. The maximum Gasteiger partial charge on any atom is 0.212 e. The molecular formula is C15H21NO5. The van der Waals surface area contributed by atoms with Crippen LogP contribution >= 0.6 is 0 Å². The van der Waals surface area contributed by atoms with E-state index >= 15 is 0 Å². The Morgan fingerprint density at radius 3 is 2.57 bits per heavy atom. The normalized spacial score (nSPS) is 32.7. The first-order valence-electron chi connectivity index (χ1n) is 6.79. The highest BCUT2D eigenvalue weighted by atomic mass is 16.6. The number of aliphatic hydroxyl groups excluding tert-OH is 3. The van der Waals surface area contributed by atoms with Gasteiger partial charge in [0, 0.05) is 12.2 Å². The van der Waals surface area contributed by atoms with Crippen molar-refractivity contribution in [1.82, 2.24) is 0 Å². The summed E-state index contributed by atoms with van der Waals surface area (Å²) in [6.45, 7) is 3.80. The summed E-state index contributed by atoms with van der Waals surface area (Å²) in [6, 6.07) is 9.29. The number of ether oxygens (including phenoxy) is 1. The van der Waals surface area contributed by atoms with E-state index in [9.17, 15) is 20.4 Å².